The minimum absolute atomic E-state index is 0.0778. The standard InChI is InChI=1S/C23H22ClFN2O5S/c1-14-4-7-16(23(28)26-13-15-5-8-17(25)9-6-15)10-22(14)33(29,30)27-19-11-18(24)20(31-2)12-21(19)32-3/h4-12,27H,13H2,1-3H3,(H,26,28). The van der Waals surface area contributed by atoms with Crippen LogP contribution in [0.3, 0.4) is 0 Å². The summed E-state index contributed by atoms with van der Waals surface area (Å²) in [6.45, 7) is 1.78. The summed E-state index contributed by atoms with van der Waals surface area (Å²) < 4.78 is 52.1. The fraction of sp³-hybridized carbons (Fsp3) is 0.174. The van der Waals surface area contributed by atoms with Crippen LogP contribution in [0.4, 0.5) is 10.1 Å². The Kier molecular flexibility index (Phi) is 7.45. The monoisotopic (exact) mass is 492 g/mol. The first-order valence-electron chi connectivity index (χ1n) is 9.72. The van der Waals surface area contributed by atoms with Crippen molar-refractivity contribution in [3.8, 4) is 11.5 Å². The van der Waals surface area contributed by atoms with Gasteiger partial charge >= 0.3 is 0 Å². The van der Waals surface area contributed by atoms with Gasteiger partial charge in [0.25, 0.3) is 15.9 Å². The third kappa shape index (κ3) is 5.74. The molecule has 0 bridgehead atoms. The van der Waals surface area contributed by atoms with Crippen LogP contribution in [0, 0.1) is 12.7 Å². The third-order valence-corrected chi connectivity index (χ3v) is 6.63. The zero-order valence-corrected chi connectivity index (χ0v) is 19.7. The number of carbonyl (C=O) groups is 1. The molecular weight excluding hydrogens is 471 g/mol. The van der Waals surface area contributed by atoms with Gasteiger partial charge in [0.1, 0.15) is 17.3 Å². The Labute approximate surface area is 196 Å². The molecule has 0 aliphatic heterocycles. The van der Waals surface area contributed by atoms with Gasteiger partial charge < -0.3 is 14.8 Å². The fourth-order valence-corrected chi connectivity index (χ4v) is 4.63. The van der Waals surface area contributed by atoms with Crippen LogP contribution in [-0.4, -0.2) is 28.5 Å². The van der Waals surface area contributed by atoms with Crippen LogP contribution in [0.1, 0.15) is 21.5 Å². The van der Waals surface area contributed by atoms with Gasteiger partial charge in [-0.2, -0.15) is 0 Å². The van der Waals surface area contributed by atoms with Crippen molar-refractivity contribution in [2.75, 3.05) is 18.9 Å². The lowest BCUT2D eigenvalue weighted by atomic mass is 10.1. The molecule has 2 N–H and O–H groups in total. The normalized spacial score (nSPS) is 11.1. The topological polar surface area (TPSA) is 93.7 Å². The molecule has 33 heavy (non-hydrogen) atoms. The molecule has 3 aromatic rings. The second-order valence-corrected chi connectivity index (χ2v) is 9.14. The highest BCUT2D eigenvalue weighted by Gasteiger charge is 2.22. The number of nitrogens with one attached hydrogen (secondary N) is 2. The number of methoxy groups -OCH3 is 2. The number of hydrogen-bond donors (Lipinski definition) is 2. The van der Waals surface area contributed by atoms with E-state index in [2.05, 4.69) is 10.0 Å². The van der Waals surface area contributed by atoms with Crippen molar-refractivity contribution in [1.29, 1.82) is 0 Å². The highest BCUT2D eigenvalue weighted by molar-refractivity contribution is 7.92. The summed E-state index contributed by atoms with van der Waals surface area (Å²) in [6, 6.07) is 12.9. The van der Waals surface area contributed by atoms with Gasteiger partial charge in [-0.05, 0) is 48.4 Å². The molecule has 0 saturated heterocycles. The van der Waals surface area contributed by atoms with Crippen molar-refractivity contribution in [2.24, 2.45) is 0 Å². The number of sulfonamides is 1. The molecule has 3 rings (SSSR count). The lowest BCUT2D eigenvalue weighted by molar-refractivity contribution is 0.0950. The molecule has 0 aliphatic carbocycles. The second kappa shape index (κ2) is 10.1. The molecule has 0 aliphatic rings. The van der Waals surface area contributed by atoms with Crippen molar-refractivity contribution >= 4 is 33.2 Å². The SMILES string of the molecule is COc1cc(OC)c(NS(=O)(=O)c2cc(C(=O)NCc3ccc(F)cc3)ccc2C)cc1Cl. The van der Waals surface area contributed by atoms with Crippen molar-refractivity contribution in [1.82, 2.24) is 5.32 Å². The molecule has 3 aromatic carbocycles. The Hall–Kier alpha value is -3.30. The molecule has 0 radical (unpaired) electrons. The summed E-state index contributed by atoms with van der Waals surface area (Å²) in [7, 11) is -1.27. The largest absolute Gasteiger partial charge is 0.495 e. The van der Waals surface area contributed by atoms with E-state index in [0.717, 1.165) is 0 Å². The molecule has 174 valence electrons. The molecule has 0 aromatic heterocycles. The first kappa shape index (κ1) is 24.3. The summed E-state index contributed by atoms with van der Waals surface area (Å²) in [5.41, 5.74) is 1.42. The van der Waals surface area contributed by atoms with E-state index in [-0.39, 0.29) is 39.3 Å². The molecular formula is C23H22ClFN2O5S. The fourth-order valence-electron chi connectivity index (χ4n) is 3.06. The maximum atomic E-state index is 13.1. The van der Waals surface area contributed by atoms with E-state index in [1.807, 2.05) is 0 Å². The summed E-state index contributed by atoms with van der Waals surface area (Å²) in [5.74, 6) is -0.306. The zero-order chi connectivity index (χ0) is 24.2. The van der Waals surface area contributed by atoms with Gasteiger partial charge in [0.05, 0.1) is 29.8 Å². The van der Waals surface area contributed by atoms with Gasteiger partial charge in [-0.15, -0.1) is 0 Å². The number of carbonyl (C=O) groups excluding carboxylic acids is 1. The Morgan fingerprint density at radius 1 is 1.00 bits per heavy atom. The Balaban J connectivity index is 1.85. The first-order chi connectivity index (χ1) is 15.6. The van der Waals surface area contributed by atoms with Gasteiger partial charge in [0.2, 0.25) is 0 Å². The quantitative estimate of drug-likeness (QED) is 0.481. The Morgan fingerprint density at radius 3 is 2.30 bits per heavy atom. The molecule has 0 atom stereocenters. The molecule has 0 fully saturated rings. The number of amides is 1. The minimum Gasteiger partial charge on any atom is -0.495 e. The predicted molar refractivity (Wildman–Crippen MR) is 124 cm³/mol. The second-order valence-electron chi connectivity index (χ2n) is 7.08. The molecule has 10 heteroatoms. The molecule has 0 spiro atoms. The average molecular weight is 493 g/mol. The van der Waals surface area contributed by atoms with E-state index >= 15 is 0 Å². The van der Waals surface area contributed by atoms with Crippen LogP contribution in [0.15, 0.2) is 59.5 Å². The zero-order valence-electron chi connectivity index (χ0n) is 18.1. The van der Waals surface area contributed by atoms with Crippen LogP contribution < -0.4 is 19.5 Å². The Morgan fingerprint density at radius 2 is 1.67 bits per heavy atom. The number of ether oxygens (including phenoxy) is 2. The van der Waals surface area contributed by atoms with Gasteiger partial charge in [0, 0.05) is 18.2 Å². The summed E-state index contributed by atoms with van der Waals surface area (Å²) in [4.78, 5) is 12.5. The van der Waals surface area contributed by atoms with Gasteiger partial charge in [0.15, 0.2) is 0 Å². The number of rotatable bonds is 8. The number of aryl methyl sites for hydroxylation is 1. The summed E-state index contributed by atoms with van der Waals surface area (Å²) in [6.07, 6.45) is 0. The number of hydrogen-bond acceptors (Lipinski definition) is 5. The Bertz CT molecular complexity index is 1280. The van der Waals surface area contributed by atoms with Crippen molar-refractivity contribution in [2.45, 2.75) is 18.4 Å². The molecule has 7 nitrogen and oxygen atoms in total. The number of halogens is 2. The number of benzene rings is 3. The molecule has 0 unspecified atom stereocenters. The van der Waals surface area contributed by atoms with Crippen molar-refractivity contribution < 1.29 is 27.1 Å². The van der Waals surface area contributed by atoms with Crippen LogP contribution in [0.25, 0.3) is 0 Å². The van der Waals surface area contributed by atoms with Crippen LogP contribution in [0.2, 0.25) is 5.02 Å². The molecule has 0 saturated carbocycles. The van der Waals surface area contributed by atoms with E-state index < -0.39 is 15.9 Å². The highest BCUT2D eigenvalue weighted by atomic mass is 35.5. The lowest BCUT2D eigenvalue weighted by Gasteiger charge is -2.16. The smallest absolute Gasteiger partial charge is 0.262 e. The molecule has 0 heterocycles. The van der Waals surface area contributed by atoms with Gasteiger partial charge in [-0.25, -0.2) is 12.8 Å². The van der Waals surface area contributed by atoms with Crippen molar-refractivity contribution in [3.63, 3.8) is 0 Å². The van der Waals surface area contributed by atoms with Gasteiger partial charge in [-0.3, -0.25) is 9.52 Å². The number of anilines is 1. The maximum Gasteiger partial charge on any atom is 0.262 e. The van der Waals surface area contributed by atoms with Crippen LogP contribution >= 0.6 is 11.6 Å². The highest BCUT2D eigenvalue weighted by Crippen LogP contribution is 2.37. The van der Waals surface area contributed by atoms with Crippen LogP contribution in [-0.2, 0) is 16.6 Å². The average Bonchev–Trinajstić information content (AvgIpc) is 2.78. The summed E-state index contributed by atoms with van der Waals surface area (Å²) in [5, 5.41) is 2.89. The van der Waals surface area contributed by atoms with E-state index in [1.54, 1.807) is 25.1 Å². The minimum atomic E-state index is -4.09. The maximum absolute atomic E-state index is 13.1. The van der Waals surface area contributed by atoms with E-state index in [0.29, 0.717) is 16.9 Å². The van der Waals surface area contributed by atoms with Gasteiger partial charge in [-0.1, -0.05) is 29.8 Å². The summed E-state index contributed by atoms with van der Waals surface area (Å²) >= 11 is 6.14. The predicted octanol–water partition coefficient (Wildman–Crippen LogP) is 4.54. The van der Waals surface area contributed by atoms with E-state index in [4.69, 9.17) is 21.1 Å². The van der Waals surface area contributed by atoms with Crippen LogP contribution in [0.5, 0.6) is 11.5 Å². The molecule has 1 amide bonds. The van der Waals surface area contributed by atoms with Crippen molar-refractivity contribution in [3.05, 3.63) is 82.1 Å². The lowest BCUT2D eigenvalue weighted by Crippen LogP contribution is -2.23. The first-order valence-corrected chi connectivity index (χ1v) is 11.6. The van der Waals surface area contributed by atoms with E-state index in [9.17, 15) is 17.6 Å². The van der Waals surface area contributed by atoms with E-state index in [1.165, 1.54) is 50.6 Å². The third-order valence-electron chi connectivity index (χ3n) is 4.82.